The number of likely N-dealkylation sites (tertiary alicyclic amines) is 1. The summed E-state index contributed by atoms with van der Waals surface area (Å²) >= 11 is 0. The molecule has 0 bridgehead atoms. The van der Waals surface area contributed by atoms with Gasteiger partial charge in [0.25, 0.3) is 0 Å². The molecule has 25 heavy (non-hydrogen) atoms. The van der Waals surface area contributed by atoms with Crippen LogP contribution in [0.4, 0.5) is 0 Å². The van der Waals surface area contributed by atoms with Gasteiger partial charge in [0.15, 0.2) is 0 Å². The number of nitrogens with zero attached hydrogens (tertiary/aromatic N) is 3. The van der Waals surface area contributed by atoms with Crippen LogP contribution >= 0.6 is 0 Å². The number of hydrogen-bond donors (Lipinski definition) is 0. The summed E-state index contributed by atoms with van der Waals surface area (Å²) in [6, 6.07) is 9.67. The zero-order valence-electron chi connectivity index (χ0n) is 14.9. The minimum absolute atomic E-state index is 0.123. The molecule has 0 aliphatic carbocycles. The summed E-state index contributed by atoms with van der Waals surface area (Å²) in [6.45, 7) is 3.07. The fourth-order valence-corrected chi connectivity index (χ4v) is 3.73. The van der Waals surface area contributed by atoms with Crippen LogP contribution in [0.1, 0.15) is 25.3 Å². The second kappa shape index (κ2) is 7.25. The maximum atomic E-state index is 12.6. The Hall–Kier alpha value is -2.37. The van der Waals surface area contributed by atoms with Gasteiger partial charge in [-0.1, -0.05) is 30.3 Å². The van der Waals surface area contributed by atoms with Gasteiger partial charge >= 0.3 is 11.8 Å². The van der Waals surface area contributed by atoms with Gasteiger partial charge in [-0.25, -0.2) is 0 Å². The molecule has 3 rings (SSSR count). The van der Waals surface area contributed by atoms with Gasteiger partial charge in [0.2, 0.25) is 5.91 Å². The molecule has 2 fully saturated rings. The summed E-state index contributed by atoms with van der Waals surface area (Å²) in [5.74, 6) is -0.798. The van der Waals surface area contributed by atoms with E-state index in [0.29, 0.717) is 19.0 Å². The molecule has 6 nitrogen and oxygen atoms in total. The fourth-order valence-electron chi connectivity index (χ4n) is 3.73. The first-order valence-electron chi connectivity index (χ1n) is 8.86. The molecule has 0 radical (unpaired) electrons. The standard InChI is InChI=1S/C19H25N3O3/c1-14-17(23)20(2)13-22(14)19(25)18(24)21-10-6-9-16(12-21)11-15-7-4-3-5-8-15/h3-5,7-8,14,16H,6,9-13H2,1-2H3. The van der Waals surface area contributed by atoms with Gasteiger partial charge in [0, 0.05) is 20.1 Å². The number of likely N-dealkylation sites (N-methyl/N-ethyl adjacent to an activating group) is 1. The van der Waals surface area contributed by atoms with E-state index in [4.69, 9.17) is 0 Å². The molecule has 2 aliphatic rings. The molecule has 0 N–H and O–H groups in total. The minimum atomic E-state index is -0.564. The molecule has 2 unspecified atom stereocenters. The third-order valence-electron chi connectivity index (χ3n) is 5.18. The number of rotatable bonds is 2. The summed E-state index contributed by atoms with van der Waals surface area (Å²) in [5.41, 5.74) is 1.26. The maximum absolute atomic E-state index is 12.6. The van der Waals surface area contributed by atoms with Crippen LogP contribution in [0.15, 0.2) is 30.3 Å². The van der Waals surface area contributed by atoms with Crippen molar-refractivity contribution >= 4 is 17.7 Å². The van der Waals surface area contributed by atoms with Crippen LogP contribution in [0.3, 0.4) is 0 Å². The third-order valence-corrected chi connectivity index (χ3v) is 5.18. The molecule has 2 heterocycles. The van der Waals surface area contributed by atoms with Crippen molar-refractivity contribution in [1.29, 1.82) is 0 Å². The second-order valence-corrected chi connectivity index (χ2v) is 7.08. The predicted molar refractivity (Wildman–Crippen MR) is 93.4 cm³/mol. The number of amides is 3. The Morgan fingerprint density at radius 2 is 1.88 bits per heavy atom. The van der Waals surface area contributed by atoms with E-state index in [9.17, 15) is 14.4 Å². The summed E-state index contributed by atoms with van der Waals surface area (Å²) in [7, 11) is 1.65. The monoisotopic (exact) mass is 343 g/mol. The first kappa shape index (κ1) is 17.5. The lowest BCUT2D eigenvalue weighted by Crippen LogP contribution is -2.50. The Kier molecular flexibility index (Phi) is 5.06. The van der Waals surface area contributed by atoms with E-state index in [1.807, 2.05) is 18.2 Å². The van der Waals surface area contributed by atoms with Crippen LogP contribution in [0.2, 0.25) is 0 Å². The normalized spacial score (nSPS) is 23.9. The highest BCUT2D eigenvalue weighted by Crippen LogP contribution is 2.22. The van der Waals surface area contributed by atoms with Gasteiger partial charge < -0.3 is 14.7 Å². The maximum Gasteiger partial charge on any atom is 0.314 e. The average Bonchev–Trinajstić information content (AvgIpc) is 2.89. The zero-order valence-corrected chi connectivity index (χ0v) is 14.9. The van der Waals surface area contributed by atoms with Gasteiger partial charge in [-0.3, -0.25) is 14.4 Å². The number of carbonyl (C=O) groups is 3. The molecule has 2 aliphatic heterocycles. The van der Waals surface area contributed by atoms with Crippen LogP contribution in [0, 0.1) is 5.92 Å². The van der Waals surface area contributed by atoms with Crippen molar-refractivity contribution in [3.05, 3.63) is 35.9 Å². The van der Waals surface area contributed by atoms with E-state index < -0.39 is 17.9 Å². The van der Waals surface area contributed by atoms with E-state index in [2.05, 4.69) is 12.1 Å². The lowest BCUT2D eigenvalue weighted by molar-refractivity contribution is -0.153. The molecular weight excluding hydrogens is 318 g/mol. The van der Waals surface area contributed by atoms with Crippen molar-refractivity contribution in [3.63, 3.8) is 0 Å². The van der Waals surface area contributed by atoms with Gasteiger partial charge in [0.1, 0.15) is 6.04 Å². The van der Waals surface area contributed by atoms with Crippen molar-refractivity contribution in [2.45, 2.75) is 32.2 Å². The van der Waals surface area contributed by atoms with E-state index in [-0.39, 0.29) is 12.6 Å². The highest BCUT2D eigenvalue weighted by molar-refractivity contribution is 6.35. The molecule has 1 aromatic rings. The Labute approximate surface area is 148 Å². The molecule has 134 valence electrons. The Bertz CT molecular complexity index is 661. The van der Waals surface area contributed by atoms with Crippen molar-refractivity contribution in [2.24, 2.45) is 5.92 Å². The van der Waals surface area contributed by atoms with Crippen molar-refractivity contribution in [3.8, 4) is 0 Å². The second-order valence-electron chi connectivity index (χ2n) is 7.08. The van der Waals surface area contributed by atoms with Crippen LogP contribution in [-0.2, 0) is 20.8 Å². The summed E-state index contributed by atoms with van der Waals surface area (Å²) in [6.07, 6.45) is 2.89. The first-order valence-corrected chi connectivity index (χ1v) is 8.86. The van der Waals surface area contributed by atoms with Crippen molar-refractivity contribution in [1.82, 2.24) is 14.7 Å². The Morgan fingerprint density at radius 3 is 2.52 bits per heavy atom. The van der Waals surface area contributed by atoms with Crippen LogP contribution in [0.25, 0.3) is 0 Å². The summed E-state index contributed by atoms with van der Waals surface area (Å²) in [5, 5.41) is 0. The zero-order chi connectivity index (χ0) is 18.0. The van der Waals surface area contributed by atoms with Crippen LogP contribution < -0.4 is 0 Å². The molecule has 6 heteroatoms. The number of piperidine rings is 1. The molecular formula is C19H25N3O3. The van der Waals surface area contributed by atoms with Crippen molar-refractivity contribution in [2.75, 3.05) is 26.8 Å². The van der Waals surface area contributed by atoms with Crippen LogP contribution in [-0.4, -0.2) is 65.3 Å². The van der Waals surface area contributed by atoms with E-state index in [0.717, 1.165) is 19.3 Å². The highest BCUT2D eigenvalue weighted by Gasteiger charge is 2.40. The molecule has 0 spiro atoms. The molecule has 3 amide bonds. The van der Waals surface area contributed by atoms with E-state index in [1.165, 1.54) is 15.4 Å². The lowest BCUT2D eigenvalue weighted by atomic mass is 9.91. The smallest absolute Gasteiger partial charge is 0.314 e. The van der Waals surface area contributed by atoms with Gasteiger partial charge in [-0.15, -0.1) is 0 Å². The third kappa shape index (κ3) is 3.67. The largest absolute Gasteiger partial charge is 0.334 e. The Morgan fingerprint density at radius 1 is 1.16 bits per heavy atom. The van der Waals surface area contributed by atoms with Crippen molar-refractivity contribution < 1.29 is 14.4 Å². The number of benzene rings is 1. The van der Waals surface area contributed by atoms with Crippen LogP contribution in [0.5, 0.6) is 0 Å². The summed E-state index contributed by atoms with van der Waals surface area (Å²) < 4.78 is 0. The quantitative estimate of drug-likeness (QED) is 0.756. The van der Waals surface area contributed by atoms with Gasteiger partial charge in [-0.2, -0.15) is 0 Å². The molecule has 0 aromatic heterocycles. The predicted octanol–water partition coefficient (Wildman–Crippen LogP) is 1.11. The lowest BCUT2D eigenvalue weighted by Gasteiger charge is -2.33. The van der Waals surface area contributed by atoms with Gasteiger partial charge in [-0.05, 0) is 37.7 Å². The SMILES string of the molecule is CC1C(=O)N(C)CN1C(=O)C(=O)N1CCCC(Cc2ccccc2)C1. The topological polar surface area (TPSA) is 60.9 Å². The van der Waals surface area contributed by atoms with E-state index >= 15 is 0 Å². The minimum Gasteiger partial charge on any atom is -0.334 e. The first-order chi connectivity index (χ1) is 12.0. The van der Waals surface area contributed by atoms with Gasteiger partial charge in [0.05, 0.1) is 6.67 Å². The molecule has 2 saturated heterocycles. The number of carbonyl (C=O) groups excluding carboxylic acids is 3. The molecule has 0 saturated carbocycles. The molecule has 2 atom stereocenters. The molecule has 1 aromatic carbocycles. The highest BCUT2D eigenvalue weighted by atomic mass is 16.2. The average molecular weight is 343 g/mol. The fraction of sp³-hybridized carbons (Fsp3) is 0.526. The Balaban J connectivity index is 1.62. The summed E-state index contributed by atoms with van der Waals surface area (Å²) in [4.78, 5) is 41.6. The van der Waals surface area contributed by atoms with E-state index in [1.54, 1.807) is 18.9 Å². The number of hydrogen-bond acceptors (Lipinski definition) is 3.